The molecule has 0 saturated carbocycles. The van der Waals surface area contributed by atoms with Crippen LogP contribution in [0.25, 0.3) is 0 Å². The molecule has 9 N–H and O–H groups in total. The van der Waals surface area contributed by atoms with Crippen LogP contribution < -0.4 is 90.0 Å². The summed E-state index contributed by atoms with van der Waals surface area (Å²) in [4.78, 5) is 222. The molecule has 16 heterocycles. The molecule has 17 rings (SSSR count). The largest absolute Gasteiger partial charge is 0.396 e. The van der Waals surface area contributed by atoms with Gasteiger partial charge in [0.05, 0.1) is 48.8 Å². The van der Waals surface area contributed by atoms with Gasteiger partial charge < -0.3 is 43.0 Å². The molecule has 9 aromatic rings. The highest BCUT2D eigenvalue weighted by Crippen LogP contribution is 2.47. The van der Waals surface area contributed by atoms with Gasteiger partial charge in [0.1, 0.15) is 49.8 Å². The second kappa shape index (κ2) is 50.9. The van der Waals surface area contributed by atoms with E-state index in [0.717, 1.165) is 17.3 Å². The molecule has 0 unspecified atom stereocenters. The van der Waals surface area contributed by atoms with Crippen LogP contribution in [0.15, 0.2) is 205 Å². The Labute approximate surface area is 855 Å². The first kappa shape index (κ1) is 106. The van der Waals surface area contributed by atoms with Crippen molar-refractivity contribution in [1.82, 2.24) is 76.4 Å². The number of aromatic nitrogens is 16. The Morgan fingerprint density at radius 1 is 0.222 bits per heavy atom. The third-order valence-corrected chi connectivity index (χ3v) is 37.7. The molecule has 0 amide bonds. The van der Waals surface area contributed by atoms with Gasteiger partial charge in [-0.15, -0.1) is 0 Å². The van der Waals surface area contributed by atoms with Gasteiger partial charge in [0.25, 0.3) is 44.5 Å². The first-order valence-corrected chi connectivity index (χ1v) is 58.1. The quantitative estimate of drug-likeness (QED) is 0.0203. The van der Waals surface area contributed by atoms with Gasteiger partial charge in [-0.2, -0.15) is 94.1 Å². The molecule has 8 aromatic heterocycles. The molecule has 8 saturated heterocycles. The van der Waals surface area contributed by atoms with E-state index in [2.05, 4.69) is 52.0 Å². The number of hydrogen-bond donors (Lipinski definition) is 9. The zero-order chi connectivity index (χ0) is 100. The van der Waals surface area contributed by atoms with E-state index in [1.807, 2.05) is 30.0 Å². The smallest absolute Gasteiger partial charge is 0.330 e. The molecule has 24 atom stereocenters. The minimum atomic E-state index is -0.671. The molecule has 0 aliphatic carbocycles. The summed E-state index contributed by atoms with van der Waals surface area (Å²) in [6.45, 7) is -0.104. The van der Waals surface area contributed by atoms with Crippen molar-refractivity contribution < 1.29 is 43.0 Å². The highest BCUT2D eigenvalue weighted by Gasteiger charge is 2.46. The van der Waals surface area contributed by atoms with Crippen LogP contribution in [0.3, 0.4) is 0 Å². The number of thioether (sulfide) groups is 8. The fraction of sp³-hybridized carbons (Fsp3) is 0.600. The van der Waals surface area contributed by atoms with E-state index in [1.54, 1.807) is 82.3 Å². The number of nitrogens with zero attached hydrogens (tertiary/aromatic N) is 8. The Kier molecular flexibility index (Phi) is 37.6. The van der Waals surface area contributed by atoms with Crippen LogP contribution >= 0.6 is 94.1 Å². The highest BCUT2D eigenvalue weighted by molar-refractivity contribution is 8.00. The molecule has 41 nitrogen and oxygen atoms in total. The number of aromatic amines is 8. The summed E-state index contributed by atoms with van der Waals surface area (Å²) in [6, 6.07) is 20.6. The molecule has 8 fully saturated rings. The predicted molar refractivity (Wildman–Crippen MR) is 555 cm³/mol. The zero-order valence-electron chi connectivity index (χ0n) is 78.9. The van der Waals surface area contributed by atoms with Crippen molar-refractivity contribution in [2.75, 3.05) is 92.9 Å². The number of ether oxygens (including phenoxy) is 8. The van der Waals surface area contributed by atoms with Crippen LogP contribution in [0.2, 0.25) is 0 Å². The third-order valence-electron chi connectivity index (χ3n) is 28.2. The van der Waals surface area contributed by atoms with Crippen molar-refractivity contribution in [3.63, 3.8) is 0 Å². The van der Waals surface area contributed by atoms with Crippen molar-refractivity contribution in [2.24, 2.45) is 47.3 Å². The molecule has 49 heteroatoms. The van der Waals surface area contributed by atoms with Gasteiger partial charge in [-0.1, -0.05) is 30.3 Å². The first-order chi connectivity index (χ1) is 69.8. The van der Waals surface area contributed by atoms with Gasteiger partial charge in [0.2, 0.25) is 0 Å². The minimum Gasteiger partial charge on any atom is -0.396 e. The molecule has 1 aromatic carbocycles. The molecule has 8 aliphatic heterocycles. The average Bonchev–Trinajstić information content (AvgIpc) is 1.70. The Morgan fingerprint density at radius 2 is 0.382 bits per heavy atom. The molecule has 144 heavy (non-hydrogen) atoms. The topological polar surface area (TPSA) is 533 Å². The van der Waals surface area contributed by atoms with E-state index in [-0.39, 0.29) is 103 Å². The molecular formula is C95H120N16O25S8. The standard InChI is InChI=1S/C95H120N16O25S8/c112-30-14-64-56(38-80(129-64)104-22-6-72(113)96-88(104)121)47-137-31-15-65-57(39-81(130-65)105-23-7-73(114)97-89(105)122)48-138-32-16-66-58(40-82(131-66)106-24-8-74(115)98-90(106)123)49-139-33-17-67-59(41-83(132-67)107-25-9-75(116)99-91(107)124)50-140-34-18-68-60(42-84(133-68)108-26-10-76(117)100-92(108)125)51-141-35-19-69-61(43-85(134-69)109-27-11-77(118)101-93(109)126)52-142-36-20-70-62(44-86(135-70)110-28-12-78(119)102-94(110)127)53-143-37-21-71-63(54-144-46-55-4-2-1-3-5-55)45-87(136-71)111-29-13-79(120)103-95(111)128/h1-13,22-29,56-71,80-87,112H,14-21,30-54H2,(H,96,113,121)(H,97,114,122)(H,98,115,123)(H,99,116,124)(H,100,117,125)(H,101,118,126)(H,102,119,127)(H,103,120,128)/t56-,57-,58-,59-,60-,61-,62-,63-,64-,65-,66-,67-,68-,69-,70-,71-,80-,81-,82-,83-,84-,85-,86-,87-/m1/s1. The van der Waals surface area contributed by atoms with Gasteiger partial charge in [0, 0.05) is 110 Å². The third kappa shape index (κ3) is 27.8. The summed E-state index contributed by atoms with van der Waals surface area (Å²) in [7, 11) is 0. The van der Waals surface area contributed by atoms with Crippen LogP contribution in [0.4, 0.5) is 0 Å². The number of H-pyrrole nitrogens is 8. The number of rotatable bonds is 49. The molecule has 0 bridgehead atoms. The highest BCUT2D eigenvalue weighted by atomic mass is 32.2. The van der Waals surface area contributed by atoms with Crippen molar-refractivity contribution in [1.29, 1.82) is 0 Å². The molecule has 8 aliphatic rings. The summed E-state index contributed by atoms with van der Waals surface area (Å²) in [6.07, 6.45) is 13.3. The fourth-order valence-corrected chi connectivity index (χ4v) is 30.5. The first-order valence-electron chi connectivity index (χ1n) is 48.9. The van der Waals surface area contributed by atoms with Crippen LogP contribution in [-0.4, -0.2) is 223 Å². The number of nitrogens with one attached hydrogen (secondary N) is 8. The van der Waals surface area contributed by atoms with Gasteiger partial charge in [-0.3, -0.25) is 115 Å². The zero-order valence-corrected chi connectivity index (χ0v) is 85.4. The minimum absolute atomic E-state index is 0.000873. The van der Waals surface area contributed by atoms with Gasteiger partial charge >= 0.3 is 45.5 Å². The lowest BCUT2D eigenvalue weighted by molar-refractivity contribution is -0.0160. The monoisotopic (exact) mass is 2140 g/mol. The van der Waals surface area contributed by atoms with Crippen molar-refractivity contribution in [3.8, 4) is 0 Å². The van der Waals surface area contributed by atoms with Crippen LogP contribution in [0.5, 0.6) is 0 Å². The summed E-state index contributed by atoms with van der Waals surface area (Å²) >= 11 is 14.0. The molecule has 778 valence electrons. The van der Waals surface area contributed by atoms with E-state index < -0.39 is 140 Å². The lowest BCUT2D eigenvalue weighted by atomic mass is 10.0. The van der Waals surface area contributed by atoms with Crippen molar-refractivity contribution in [3.05, 3.63) is 301 Å². The second-order valence-electron chi connectivity index (χ2n) is 37.7. The lowest BCUT2D eigenvalue weighted by Gasteiger charge is -2.22. The van der Waals surface area contributed by atoms with Crippen LogP contribution in [0.1, 0.15) is 158 Å². The summed E-state index contributed by atoms with van der Waals surface area (Å²) in [5.41, 5.74) is -7.54. The lowest BCUT2D eigenvalue weighted by Crippen LogP contribution is -2.31. The maximum Gasteiger partial charge on any atom is 0.330 e. The Hall–Kier alpha value is -8.90. The maximum atomic E-state index is 13.4. The van der Waals surface area contributed by atoms with E-state index >= 15 is 0 Å². The summed E-state index contributed by atoms with van der Waals surface area (Å²) in [5, 5.41) is 9.94. The fourth-order valence-electron chi connectivity index (χ4n) is 20.8. The molecule has 0 spiro atoms. The van der Waals surface area contributed by atoms with E-state index in [4.69, 9.17) is 37.9 Å². The Balaban J connectivity index is 0.506. The van der Waals surface area contributed by atoms with Crippen molar-refractivity contribution >= 4 is 94.1 Å². The van der Waals surface area contributed by atoms with E-state index in [1.165, 1.54) is 140 Å². The maximum absolute atomic E-state index is 13.4. The van der Waals surface area contributed by atoms with Crippen molar-refractivity contribution in [2.45, 2.75) is 207 Å². The molecule has 0 radical (unpaired) electrons. The number of aliphatic hydroxyl groups is 1. The van der Waals surface area contributed by atoms with Gasteiger partial charge in [-0.25, -0.2) is 38.4 Å². The van der Waals surface area contributed by atoms with E-state index in [0.29, 0.717) is 178 Å². The van der Waals surface area contributed by atoms with Crippen LogP contribution in [-0.2, 0) is 43.6 Å². The predicted octanol–water partition coefficient (Wildman–Crippen LogP) is 5.80. The normalized spacial score (nSPS) is 28.4. The second-order valence-corrected chi connectivity index (χ2v) is 46.8. The van der Waals surface area contributed by atoms with Gasteiger partial charge in [-0.05, 0) is 242 Å². The number of benzene rings is 1. The number of aliphatic hydroxyl groups excluding tert-OH is 1. The Bertz CT molecular complexity index is 6740. The van der Waals surface area contributed by atoms with Crippen LogP contribution in [0, 0.1) is 47.3 Å². The Morgan fingerprint density at radius 3 is 0.542 bits per heavy atom. The number of hydrogen-bond acceptors (Lipinski definition) is 33. The molecular weight excluding hydrogens is 2020 g/mol. The summed E-state index contributed by atoms with van der Waals surface area (Å²) in [5.74, 6) is 11.1. The summed E-state index contributed by atoms with van der Waals surface area (Å²) < 4.78 is 64.8. The van der Waals surface area contributed by atoms with Gasteiger partial charge in [0.15, 0.2) is 0 Å². The SMILES string of the molecule is O=c1ccn([C@H]2C[C@H](CSCC[C@H]3O[C@@H](n4ccc(=O)[nH]c4=O)C[C@@H]3CSCC[C@H]3O[C@@H](n4ccc(=O)[nH]c4=O)C[C@@H]3CSCC[C@H]3O[C@@H](n4ccc(=O)[nH]c4=O)C[C@@H]3CSCC[C@H]3O[C@@H](n4ccc(=O)[nH]c4=O)C[C@@H]3CSCC[C@H]3O[C@@H](n4ccc(=O)[nH]c4=O)C[C@@H]3CSCC[C@H]3O[C@@H](n4ccc(=O)[nH]c4=O)C[C@@H]3CSCC[C@H]3O[C@@H](n4ccc(=O)[nH]c4=O)C[C@@H]3CSCc3ccccc3)[C@@H](CCO)O2)c(=O)[nH]1. The van der Waals surface area contributed by atoms with E-state index in [9.17, 15) is 81.8 Å². The average molecular weight is 2140 g/mol.